The molecule has 0 spiro atoms. The minimum atomic E-state index is -3.72. The van der Waals surface area contributed by atoms with Crippen LogP contribution in [0.2, 0.25) is 0 Å². The van der Waals surface area contributed by atoms with Crippen molar-refractivity contribution in [2.75, 3.05) is 13.1 Å². The second-order valence-electron chi connectivity index (χ2n) is 4.95. The fraction of sp³-hybridized carbons (Fsp3) is 0.727. The van der Waals surface area contributed by atoms with Gasteiger partial charge in [0.2, 0.25) is 10.0 Å². The van der Waals surface area contributed by atoms with E-state index in [0.717, 1.165) is 19.0 Å². The lowest BCUT2D eigenvalue weighted by molar-refractivity contribution is 0.0561. The molecule has 19 heavy (non-hydrogen) atoms. The maximum Gasteiger partial charge on any atom is 0.333 e. The predicted octanol–water partition coefficient (Wildman–Crippen LogP) is 2.01. The Balaban J connectivity index is 2.33. The maximum absolute atomic E-state index is 12.5. The number of aryl methyl sites for hydroxylation is 1. The molecule has 108 valence electrons. The lowest BCUT2D eigenvalue weighted by Gasteiger charge is -2.29. The molecule has 1 fully saturated rings. The molecular weight excluding hydrogens is 276 g/mol. The molecule has 0 aromatic carbocycles. The summed E-state index contributed by atoms with van der Waals surface area (Å²) in [5.74, 6) is 0.286. The molecule has 0 amide bonds. The van der Waals surface area contributed by atoms with Crippen LogP contribution >= 0.6 is 0 Å². The van der Waals surface area contributed by atoms with Gasteiger partial charge in [-0.05, 0) is 25.7 Å². The van der Waals surface area contributed by atoms with Crippen LogP contribution in [0.15, 0.2) is 11.1 Å². The van der Waals surface area contributed by atoms with Crippen LogP contribution in [0.3, 0.4) is 0 Å². The van der Waals surface area contributed by atoms with E-state index in [1.807, 2.05) is 6.92 Å². The summed E-state index contributed by atoms with van der Waals surface area (Å²) in [4.78, 5) is -0.123. The Bertz CT molecular complexity index is 556. The molecule has 5 nitrogen and oxygen atoms in total. The minimum absolute atomic E-state index is 0.110. The first-order valence-electron chi connectivity index (χ1n) is 6.16. The first-order chi connectivity index (χ1) is 8.82. The summed E-state index contributed by atoms with van der Waals surface area (Å²) in [6.07, 6.45) is 2.69. The maximum atomic E-state index is 12.5. The Kier molecular flexibility index (Phi) is 3.91. The third kappa shape index (κ3) is 2.79. The summed E-state index contributed by atoms with van der Waals surface area (Å²) in [7, 11) is -3.72. The molecule has 8 heteroatoms. The molecule has 0 bridgehead atoms. The van der Waals surface area contributed by atoms with E-state index in [1.54, 1.807) is 0 Å². The van der Waals surface area contributed by atoms with Crippen molar-refractivity contribution in [1.82, 2.24) is 14.1 Å². The van der Waals surface area contributed by atoms with Gasteiger partial charge in [-0.2, -0.15) is 18.2 Å². The van der Waals surface area contributed by atoms with Gasteiger partial charge in [0.05, 0.1) is 11.9 Å². The highest BCUT2D eigenvalue weighted by molar-refractivity contribution is 7.89. The highest BCUT2D eigenvalue weighted by atomic mass is 32.2. The number of alkyl halides is 2. The molecule has 1 saturated heterocycles. The van der Waals surface area contributed by atoms with Gasteiger partial charge in [-0.15, -0.1) is 0 Å². The van der Waals surface area contributed by atoms with Crippen molar-refractivity contribution in [3.8, 4) is 0 Å². The van der Waals surface area contributed by atoms with Crippen LogP contribution in [-0.4, -0.2) is 35.6 Å². The van der Waals surface area contributed by atoms with E-state index >= 15 is 0 Å². The zero-order valence-corrected chi connectivity index (χ0v) is 11.7. The normalized spacial score (nSPS) is 22.1. The number of rotatable bonds is 3. The smallest absolute Gasteiger partial charge is 0.210 e. The van der Waals surface area contributed by atoms with Crippen LogP contribution in [0.25, 0.3) is 0 Å². The second kappa shape index (κ2) is 5.16. The van der Waals surface area contributed by atoms with E-state index in [-0.39, 0.29) is 16.5 Å². The molecule has 1 atom stereocenters. The van der Waals surface area contributed by atoms with E-state index in [2.05, 4.69) is 5.10 Å². The molecule has 1 aromatic rings. The molecule has 1 aliphatic heterocycles. The van der Waals surface area contributed by atoms with Crippen molar-refractivity contribution in [3.05, 3.63) is 11.9 Å². The largest absolute Gasteiger partial charge is 0.333 e. The van der Waals surface area contributed by atoms with Gasteiger partial charge in [0, 0.05) is 13.1 Å². The van der Waals surface area contributed by atoms with Crippen molar-refractivity contribution in [2.24, 2.45) is 5.92 Å². The van der Waals surface area contributed by atoms with Crippen LogP contribution in [0.4, 0.5) is 8.78 Å². The van der Waals surface area contributed by atoms with Gasteiger partial charge in [-0.25, -0.2) is 13.1 Å². The fourth-order valence-corrected chi connectivity index (χ4v) is 4.08. The van der Waals surface area contributed by atoms with Gasteiger partial charge in [0.25, 0.3) is 0 Å². The molecule has 0 aliphatic carbocycles. The SMILES string of the molecule is Cc1nn(C(F)F)cc1S(=O)(=O)N1CCC[C@@H](C)C1. The van der Waals surface area contributed by atoms with Gasteiger partial charge < -0.3 is 0 Å². The van der Waals surface area contributed by atoms with Crippen molar-refractivity contribution >= 4 is 10.0 Å². The Hall–Kier alpha value is -1.02. The monoisotopic (exact) mass is 293 g/mol. The lowest BCUT2D eigenvalue weighted by atomic mass is 10.0. The lowest BCUT2D eigenvalue weighted by Crippen LogP contribution is -2.39. The number of sulfonamides is 1. The highest BCUT2D eigenvalue weighted by Gasteiger charge is 2.31. The Morgan fingerprint density at radius 3 is 2.68 bits per heavy atom. The van der Waals surface area contributed by atoms with Gasteiger partial charge in [0.15, 0.2) is 0 Å². The predicted molar refractivity (Wildman–Crippen MR) is 65.4 cm³/mol. The molecule has 2 heterocycles. The minimum Gasteiger partial charge on any atom is -0.210 e. The van der Waals surface area contributed by atoms with Crippen LogP contribution in [0.1, 0.15) is 32.0 Å². The highest BCUT2D eigenvalue weighted by Crippen LogP contribution is 2.26. The average molecular weight is 293 g/mol. The quantitative estimate of drug-likeness (QED) is 0.856. The summed E-state index contributed by atoms with van der Waals surface area (Å²) < 4.78 is 51.7. The molecule has 0 unspecified atom stereocenters. The molecular formula is C11H17F2N3O2S. The van der Waals surface area contributed by atoms with Crippen LogP contribution < -0.4 is 0 Å². The topological polar surface area (TPSA) is 55.2 Å². The third-order valence-electron chi connectivity index (χ3n) is 3.31. The molecule has 2 rings (SSSR count). The number of hydrogen-bond donors (Lipinski definition) is 0. The van der Waals surface area contributed by atoms with Gasteiger partial charge in [0.1, 0.15) is 4.90 Å². The average Bonchev–Trinajstić information content (AvgIpc) is 2.72. The van der Waals surface area contributed by atoms with Gasteiger partial charge >= 0.3 is 6.55 Å². The Morgan fingerprint density at radius 1 is 1.47 bits per heavy atom. The van der Waals surface area contributed by atoms with Gasteiger partial charge in [-0.3, -0.25) is 0 Å². The molecule has 0 radical (unpaired) electrons. The van der Waals surface area contributed by atoms with Crippen LogP contribution in [0, 0.1) is 12.8 Å². The van der Waals surface area contributed by atoms with E-state index in [9.17, 15) is 17.2 Å². The van der Waals surface area contributed by atoms with Crippen molar-refractivity contribution < 1.29 is 17.2 Å². The van der Waals surface area contributed by atoms with Crippen LogP contribution in [0.5, 0.6) is 0 Å². The van der Waals surface area contributed by atoms with E-state index in [1.165, 1.54) is 11.2 Å². The summed E-state index contributed by atoms with van der Waals surface area (Å²) in [5.41, 5.74) is 0.110. The van der Waals surface area contributed by atoms with E-state index in [0.29, 0.717) is 17.8 Å². The molecule has 0 saturated carbocycles. The van der Waals surface area contributed by atoms with Gasteiger partial charge in [-0.1, -0.05) is 6.92 Å². The molecule has 1 aliphatic rings. The Labute approximate surface area is 111 Å². The van der Waals surface area contributed by atoms with Crippen molar-refractivity contribution in [3.63, 3.8) is 0 Å². The number of piperidine rings is 1. The Morgan fingerprint density at radius 2 is 2.16 bits per heavy atom. The second-order valence-corrected chi connectivity index (χ2v) is 6.85. The number of hydrogen-bond acceptors (Lipinski definition) is 3. The molecule has 1 aromatic heterocycles. The summed E-state index contributed by atoms with van der Waals surface area (Å²) in [6.45, 7) is 1.45. The summed E-state index contributed by atoms with van der Waals surface area (Å²) in [5, 5.41) is 3.55. The third-order valence-corrected chi connectivity index (χ3v) is 5.28. The summed E-state index contributed by atoms with van der Waals surface area (Å²) >= 11 is 0. The zero-order valence-electron chi connectivity index (χ0n) is 10.9. The van der Waals surface area contributed by atoms with Crippen LogP contribution in [-0.2, 0) is 10.0 Å². The van der Waals surface area contributed by atoms with E-state index in [4.69, 9.17) is 0 Å². The number of aromatic nitrogens is 2. The van der Waals surface area contributed by atoms with Crippen molar-refractivity contribution in [2.45, 2.75) is 38.1 Å². The zero-order chi connectivity index (χ0) is 14.2. The first kappa shape index (κ1) is 14.4. The first-order valence-corrected chi connectivity index (χ1v) is 7.60. The van der Waals surface area contributed by atoms with Crippen molar-refractivity contribution in [1.29, 1.82) is 0 Å². The molecule has 0 N–H and O–H groups in total. The number of halogens is 2. The number of nitrogens with zero attached hydrogens (tertiary/aromatic N) is 3. The van der Waals surface area contributed by atoms with E-state index < -0.39 is 16.6 Å². The summed E-state index contributed by atoms with van der Waals surface area (Å²) in [6, 6.07) is 0. The standard InChI is InChI=1S/C11H17F2N3O2S/c1-8-4-3-5-15(6-8)19(17,18)10-7-16(11(12)13)14-9(10)2/h7-8,11H,3-6H2,1-2H3/t8-/m1/s1. The fourth-order valence-electron chi connectivity index (χ4n) is 2.32.